The number of hydrogen-bond acceptors (Lipinski definition) is 3. The van der Waals surface area contributed by atoms with Crippen molar-refractivity contribution in [2.24, 2.45) is 0 Å². The van der Waals surface area contributed by atoms with Gasteiger partial charge in [-0.25, -0.2) is 9.37 Å². The lowest BCUT2D eigenvalue weighted by atomic mass is 9.91. The number of fused-ring (bicyclic) bond motifs is 1. The number of nitrogens with zero attached hydrogens (tertiary/aromatic N) is 1. The predicted octanol–water partition coefficient (Wildman–Crippen LogP) is 4.12. The number of thiazole rings is 1. The summed E-state index contributed by atoms with van der Waals surface area (Å²) in [5.41, 5.74) is 1.86. The molecule has 4 heteroatoms. The van der Waals surface area contributed by atoms with Crippen molar-refractivity contribution in [2.75, 3.05) is 6.54 Å². The molecule has 1 N–H and O–H groups in total. The molecule has 0 amide bonds. The van der Waals surface area contributed by atoms with Crippen LogP contribution >= 0.6 is 11.3 Å². The van der Waals surface area contributed by atoms with Crippen LogP contribution in [-0.4, -0.2) is 17.6 Å². The summed E-state index contributed by atoms with van der Waals surface area (Å²) in [4.78, 5) is 6.16. The minimum Gasteiger partial charge on any atom is -0.313 e. The normalized spacial score (nSPS) is 21.3. The topological polar surface area (TPSA) is 24.9 Å². The molecule has 1 aromatic carbocycles. The minimum absolute atomic E-state index is 0.170. The molecule has 1 heterocycles. The van der Waals surface area contributed by atoms with Crippen molar-refractivity contribution < 1.29 is 4.39 Å². The van der Waals surface area contributed by atoms with Crippen molar-refractivity contribution in [3.63, 3.8) is 0 Å². The molecular weight excluding hydrogens is 283 g/mol. The summed E-state index contributed by atoms with van der Waals surface area (Å²) in [5, 5.41) is 4.46. The van der Waals surface area contributed by atoms with Crippen molar-refractivity contribution in [1.29, 1.82) is 0 Å². The van der Waals surface area contributed by atoms with Crippen LogP contribution in [-0.2, 0) is 6.42 Å². The Morgan fingerprint density at radius 2 is 2.10 bits per heavy atom. The molecule has 1 aromatic heterocycles. The summed E-state index contributed by atoms with van der Waals surface area (Å²) in [6.07, 6.45) is 6.16. The van der Waals surface area contributed by atoms with Gasteiger partial charge < -0.3 is 5.32 Å². The van der Waals surface area contributed by atoms with Gasteiger partial charge in [-0.3, -0.25) is 0 Å². The van der Waals surface area contributed by atoms with Crippen LogP contribution in [0.4, 0.5) is 4.39 Å². The molecule has 0 aliphatic heterocycles. The third-order valence-corrected chi connectivity index (χ3v) is 5.57. The highest BCUT2D eigenvalue weighted by Gasteiger charge is 2.28. The van der Waals surface area contributed by atoms with E-state index in [9.17, 15) is 4.39 Å². The smallest absolute Gasteiger partial charge is 0.133 e. The van der Waals surface area contributed by atoms with Crippen LogP contribution in [0.15, 0.2) is 24.3 Å². The van der Waals surface area contributed by atoms with Crippen molar-refractivity contribution >= 4 is 11.3 Å². The van der Waals surface area contributed by atoms with Crippen molar-refractivity contribution in [3.8, 4) is 10.6 Å². The Balaban J connectivity index is 1.62. The molecule has 0 radical (unpaired) electrons. The average Bonchev–Trinajstić information content (AvgIpc) is 3.22. The van der Waals surface area contributed by atoms with Crippen molar-refractivity contribution in [2.45, 2.75) is 44.1 Å². The number of aromatic nitrogens is 1. The number of halogens is 1. The highest BCUT2D eigenvalue weighted by molar-refractivity contribution is 7.15. The molecule has 110 valence electrons. The van der Waals surface area contributed by atoms with Gasteiger partial charge in [0.1, 0.15) is 10.8 Å². The monoisotopic (exact) mass is 302 g/mol. The zero-order valence-electron chi connectivity index (χ0n) is 11.9. The Kier molecular flexibility index (Phi) is 3.51. The Bertz CT molecular complexity index is 648. The number of hydrogen-bond donors (Lipinski definition) is 1. The lowest BCUT2D eigenvalue weighted by Crippen LogP contribution is -2.25. The van der Waals surface area contributed by atoms with Gasteiger partial charge in [0.05, 0.1) is 5.69 Å². The third kappa shape index (κ3) is 2.74. The van der Waals surface area contributed by atoms with Gasteiger partial charge in [0.2, 0.25) is 0 Å². The second kappa shape index (κ2) is 5.50. The van der Waals surface area contributed by atoms with Crippen LogP contribution in [0.5, 0.6) is 0 Å². The van der Waals surface area contributed by atoms with E-state index in [-0.39, 0.29) is 5.82 Å². The molecule has 1 atom stereocenters. The van der Waals surface area contributed by atoms with Gasteiger partial charge in [0.25, 0.3) is 0 Å². The Morgan fingerprint density at radius 3 is 2.90 bits per heavy atom. The fourth-order valence-electron chi connectivity index (χ4n) is 3.05. The quantitative estimate of drug-likeness (QED) is 0.919. The molecule has 4 rings (SSSR count). The summed E-state index contributed by atoms with van der Waals surface area (Å²) < 4.78 is 14.0. The first-order valence-corrected chi connectivity index (χ1v) is 8.61. The summed E-state index contributed by atoms with van der Waals surface area (Å²) >= 11 is 1.68. The molecule has 2 aliphatic carbocycles. The highest BCUT2D eigenvalue weighted by Crippen LogP contribution is 2.38. The van der Waals surface area contributed by atoms with E-state index in [0.29, 0.717) is 11.5 Å². The molecule has 2 nitrogen and oxygen atoms in total. The minimum atomic E-state index is -0.170. The van der Waals surface area contributed by atoms with E-state index in [1.165, 1.54) is 42.3 Å². The van der Waals surface area contributed by atoms with E-state index >= 15 is 0 Å². The Morgan fingerprint density at radius 1 is 1.24 bits per heavy atom. The first kappa shape index (κ1) is 13.4. The van der Waals surface area contributed by atoms with Gasteiger partial charge >= 0.3 is 0 Å². The van der Waals surface area contributed by atoms with E-state index in [1.807, 2.05) is 12.1 Å². The maximum atomic E-state index is 14.0. The van der Waals surface area contributed by atoms with Crippen LogP contribution in [0.2, 0.25) is 0 Å². The van der Waals surface area contributed by atoms with Crippen LogP contribution in [0, 0.1) is 5.82 Å². The van der Waals surface area contributed by atoms with Gasteiger partial charge in [-0.1, -0.05) is 12.1 Å². The van der Waals surface area contributed by atoms with Crippen molar-refractivity contribution in [1.82, 2.24) is 10.3 Å². The number of aryl methyl sites for hydroxylation is 1. The number of benzene rings is 1. The molecule has 21 heavy (non-hydrogen) atoms. The fourth-order valence-corrected chi connectivity index (χ4v) is 4.27. The lowest BCUT2D eigenvalue weighted by molar-refractivity contribution is 0.500. The van der Waals surface area contributed by atoms with Crippen LogP contribution in [0.3, 0.4) is 0 Å². The molecule has 0 spiro atoms. The first-order chi connectivity index (χ1) is 10.3. The molecule has 1 fully saturated rings. The number of rotatable bonds is 4. The van der Waals surface area contributed by atoms with Gasteiger partial charge in [-0.15, -0.1) is 11.3 Å². The molecular formula is C17H19FN2S. The standard InChI is InChI=1S/C17H19FN2S/c18-14-6-2-1-5-13(14)17-20-16-11(10-19-12-8-9-12)4-3-7-15(16)21-17/h1-2,5-6,11-12,19H,3-4,7-10H2. The van der Waals surface area contributed by atoms with E-state index in [0.717, 1.165) is 24.0 Å². The second-order valence-corrected chi connectivity index (χ2v) is 7.16. The van der Waals surface area contributed by atoms with E-state index < -0.39 is 0 Å². The van der Waals surface area contributed by atoms with Gasteiger partial charge in [-0.05, 0) is 44.2 Å². The Hall–Kier alpha value is -1.26. The Labute approximate surface area is 128 Å². The zero-order valence-corrected chi connectivity index (χ0v) is 12.8. The summed E-state index contributed by atoms with van der Waals surface area (Å²) in [6, 6.07) is 7.69. The zero-order chi connectivity index (χ0) is 14.2. The molecule has 1 unspecified atom stereocenters. The fraction of sp³-hybridized carbons (Fsp3) is 0.471. The van der Waals surface area contributed by atoms with E-state index in [4.69, 9.17) is 4.98 Å². The SMILES string of the molecule is Fc1ccccc1-c1nc2c(s1)CCCC2CNC1CC1. The number of nitrogens with one attached hydrogen (secondary N) is 1. The predicted molar refractivity (Wildman–Crippen MR) is 84.2 cm³/mol. The van der Waals surface area contributed by atoms with Crippen LogP contribution in [0.1, 0.15) is 42.2 Å². The van der Waals surface area contributed by atoms with Gasteiger partial charge in [0, 0.05) is 28.9 Å². The summed E-state index contributed by atoms with van der Waals surface area (Å²) in [5.74, 6) is 0.336. The third-order valence-electron chi connectivity index (χ3n) is 4.41. The van der Waals surface area contributed by atoms with Crippen LogP contribution < -0.4 is 5.32 Å². The summed E-state index contributed by atoms with van der Waals surface area (Å²) in [7, 11) is 0. The van der Waals surface area contributed by atoms with E-state index in [2.05, 4.69) is 5.32 Å². The lowest BCUT2D eigenvalue weighted by Gasteiger charge is -2.21. The van der Waals surface area contributed by atoms with Gasteiger partial charge in [0.15, 0.2) is 0 Å². The maximum Gasteiger partial charge on any atom is 0.133 e. The second-order valence-electron chi connectivity index (χ2n) is 6.08. The van der Waals surface area contributed by atoms with Crippen LogP contribution in [0.25, 0.3) is 10.6 Å². The summed E-state index contributed by atoms with van der Waals surface area (Å²) in [6.45, 7) is 1.03. The maximum absolute atomic E-state index is 14.0. The highest BCUT2D eigenvalue weighted by atomic mass is 32.1. The molecule has 2 aliphatic rings. The van der Waals surface area contributed by atoms with Crippen molar-refractivity contribution in [3.05, 3.63) is 40.7 Å². The first-order valence-electron chi connectivity index (χ1n) is 7.79. The average molecular weight is 302 g/mol. The largest absolute Gasteiger partial charge is 0.313 e. The molecule has 1 saturated carbocycles. The molecule has 0 saturated heterocycles. The molecule has 0 bridgehead atoms. The van der Waals surface area contributed by atoms with Gasteiger partial charge in [-0.2, -0.15) is 0 Å². The van der Waals surface area contributed by atoms with E-state index in [1.54, 1.807) is 17.4 Å². The molecule has 2 aromatic rings.